The lowest BCUT2D eigenvalue weighted by Gasteiger charge is -2.19. The van der Waals surface area contributed by atoms with Gasteiger partial charge in [-0.3, -0.25) is 0 Å². The number of anilines is 1. The molecule has 0 fully saturated rings. The smallest absolute Gasteiger partial charge is 0.212 e. The minimum absolute atomic E-state index is 0.0941. The van der Waals surface area contributed by atoms with Gasteiger partial charge in [0.15, 0.2) is 5.82 Å². The van der Waals surface area contributed by atoms with Gasteiger partial charge in [-0.2, -0.15) is 0 Å². The van der Waals surface area contributed by atoms with Crippen molar-refractivity contribution in [2.75, 3.05) is 12.5 Å². The van der Waals surface area contributed by atoms with Crippen molar-refractivity contribution in [3.8, 4) is 17.3 Å². The number of methoxy groups -OCH3 is 1. The predicted octanol–water partition coefficient (Wildman–Crippen LogP) is 2.13. The lowest BCUT2D eigenvalue weighted by Crippen LogP contribution is -2.17. The van der Waals surface area contributed by atoms with Gasteiger partial charge in [0.05, 0.1) is 12.8 Å². The number of hydrazine groups is 1. The van der Waals surface area contributed by atoms with Crippen LogP contribution < -0.4 is 16.0 Å². The van der Waals surface area contributed by atoms with Gasteiger partial charge >= 0.3 is 0 Å². The number of ether oxygens (including phenoxy) is 1. The molecule has 2 aromatic heterocycles. The summed E-state index contributed by atoms with van der Waals surface area (Å²) in [6.45, 7) is 6.27. The molecule has 0 atom stereocenters. The Morgan fingerprint density at radius 2 is 1.95 bits per heavy atom. The number of rotatable bonds is 3. The maximum Gasteiger partial charge on any atom is 0.212 e. The number of aromatic nitrogens is 3. The molecule has 2 aromatic rings. The average Bonchev–Trinajstić information content (AvgIpc) is 2.46. The molecule has 2 rings (SSSR count). The van der Waals surface area contributed by atoms with Crippen LogP contribution in [0.25, 0.3) is 11.4 Å². The lowest BCUT2D eigenvalue weighted by molar-refractivity contribution is 0.398. The largest absolute Gasteiger partial charge is 0.481 e. The van der Waals surface area contributed by atoms with Crippen LogP contribution in [0.15, 0.2) is 24.4 Å². The van der Waals surface area contributed by atoms with Gasteiger partial charge in [-0.25, -0.2) is 20.8 Å². The summed E-state index contributed by atoms with van der Waals surface area (Å²) in [5, 5.41) is 0. The first kappa shape index (κ1) is 14.2. The molecule has 0 saturated heterocycles. The molecule has 0 aliphatic carbocycles. The number of hydrogen-bond donors (Lipinski definition) is 2. The summed E-state index contributed by atoms with van der Waals surface area (Å²) in [6.07, 6.45) is 1.68. The van der Waals surface area contributed by atoms with Gasteiger partial charge in [-0.1, -0.05) is 20.8 Å². The number of nitrogen functional groups attached to an aromatic ring is 1. The van der Waals surface area contributed by atoms with Crippen molar-refractivity contribution in [3.05, 3.63) is 30.1 Å². The molecule has 0 amide bonds. The zero-order valence-corrected chi connectivity index (χ0v) is 12.1. The van der Waals surface area contributed by atoms with Crippen molar-refractivity contribution in [1.82, 2.24) is 15.0 Å². The van der Waals surface area contributed by atoms with E-state index in [2.05, 4.69) is 41.1 Å². The number of pyridine rings is 1. The van der Waals surface area contributed by atoms with Gasteiger partial charge in [0.25, 0.3) is 0 Å². The van der Waals surface area contributed by atoms with Crippen molar-refractivity contribution in [1.29, 1.82) is 0 Å². The summed E-state index contributed by atoms with van der Waals surface area (Å²) in [6, 6.07) is 5.49. The molecular formula is C14H19N5O. The van der Waals surface area contributed by atoms with Crippen LogP contribution in [0.4, 0.5) is 5.82 Å². The van der Waals surface area contributed by atoms with Crippen molar-refractivity contribution in [3.63, 3.8) is 0 Å². The van der Waals surface area contributed by atoms with Crippen molar-refractivity contribution in [2.24, 2.45) is 5.84 Å². The first-order valence-electron chi connectivity index (χ1n) is 6.30. The first-order valence-corrected chi connectivity index (χ1v) is 6.30. The summed E-state index contributed by atoms with van der Waals surface area (Å²) >= 11 is 0. The van der Waals surface area contributed by atoms with Gasteiger partial charge in [0.1, 0.15) is 5.82 Å². The summed E-state index contributed by atoms with van der Waals surface area (Å²) in [7, 11) is 1.58. The van der Waals surface area contributed by atoms with Crippen molar-refractivity contribution in [2.45, 2.75) is 26.2 Å². The zero-order valence-electron chi connectivity index (χ0n) is 12.1. The molecule has 0 aliphatic rings. The van der Waals surface area contributed by atoms with Gasteiger partial charge in [0.2, 0.25) is 5.88 Å². The molecule has 0 aromatic carbocycles. The van der Waals surface area contributed by atoms with E-state index in [9.17, 15) is 0 Å². The summed E-state index contributed by atoms with van der Waals surface area (Å²) < 4.78 is 5.04. The van der Waals surface area contributed by atoms with Crippen LogP contribution in [0, 0.1) is 0 Å². The molecule has 6 heteroatoms. The molecule has 0 aliphatic heterocycles. The summed E-state index contributed by atoms with van der Waals surface area (Å²) in [4.78, 5) is 13.1. The molecule has 0 radical (unpaired) electrons. The van der Waals surface area contributed by atoms with Crippen molar-refractivity contribution >= 4 is 5.82 Å². The maximum atomic E-state index is 5.48. The number of nitrogens with two attached hydrogens (primary N) is 1. The Labute approximate surface area is 118 Å². The van der Waals surface area contributed by atoms with E-state index in [0.29, 0.717) is 17.5 Å². The van der Waals surface area contributed by atoms with E-state index in [-0.39, 0.29) is 5.41 Å². The van der Waals surface area contributed by atoms with Crippen LogP contribution in [-0.2, 0) is 5.41 Å². The highest BCUT2D eigenvalue weighted by Crippen LogP contribution is 2.25. The molecule has 6 nitrogen and oxygen atoms in total. The standard InChI is InChI=1S/C14H19N5O/c1-14(2,3)10-7-11(19-15)18-13(17-10)9-5-6-12(20-4)16-8-9/h5-8H,15H2,1-4H3,(H,17,18,19). The summed E-state index contributed by atoms with van der Waals surface area (Å²) in [5.41, 5.74) is 4.20. The van der Waals surface area contributed by atoms with Crippen LogP contribution >= 0.6 is 0 Å². The second-order valence-electron chi connectivity index (χ2n) is 5.45. The van der Waals surface area contributed by atoms with E-state index in [1.54, 1.807) is 19.4 Å². The van der Waals surface area contributed by atoms with Gasteiger partial charge in [0, 0.05) is 29.3 Å². The van der Waals surface area contributed by atoms with Crippen LogP contribution in [0.5, 0.6) is 5.88 Å². The topological polar surface area (TPSA) is 86.0 Å². The number of nitrogens with zero attached hydrogens (tertiary/aromatic N) is 3. The lowest BCUT2D eigenvalue weighted by atomic mass is 9.92. The highest BCUT2D eigenvalue weighted by Gasteiger charge is 2.18. The third-order valence-electron chi connectivity index (χ3n) is 2.85. The second-order valence-corrected chi connectivity index (χ2v) is 5.45. The molecule has 0 spiro atoms. The minimum atomic E-state index is -0.0941. The highest BCUT2D eigenvalue weighted by molar-refractivity contribution is 5.57. The number of hydrogen-bond acceptors (Lipinski definition) is 6. The van der Waals surface area contributed by atoms with E-state index in [0.717, 1.165) is 11.3 Å². The minimum Gasteiger partial charge on any atom is -0.481 e. The van der Waals surface area contributed by atoms with Crippen LogP contribution in [0.1, 0.15) is 26.5 Å². The fourth-order valence-electron chi connectivity index (χ4n) is 1.67. The molecule has 0 bridgehead atoms. The molecule has 2 heterocycles. The second kappa shape index (κ2) is 5.42. The Morgan fingerprint density at radius 1 is 1.20 bits per heavy atom. The predicted molar refractivity (Wildman–Crippen MR) is 78.3 cm³/mol. The highest BCUT2D eigenvalue weighted by atomic mass is 16.5. The van der Waals surface area contributed by atoms with Gasteiger partial charge < -0.3 is 10.2 Å². The Kier molecular flexibility index (Phi) is 3.85. The van der Waals surface area contributed by atoms with E-state index in [4.69, 9.17) is 10.6 Å². The molecule has 0 saturated carbocycles. The van der Waals surface area contributed by atoms with Gasteiger partial charge in [-0.15, -0.1) is 0 Å². The SMILES string of the molecule is COc1ccc(-c2nc(NN)cc(C(C)(C)C)n2)cn1. The number of nitrogens with one attached hydrogen (secondary N) is 1. The van der Waals surface area contributed by atoms with Crippen LogP contribution in [0.2, 0.25) is 0 Å². The van der Waals surface area contributed by atoms with E-state index >= 15 is 0 Å². The fourth-order valence-corrected chi connectivity index (χ4v) is 1.67. The molecule has 106 valence electrons. The third kappa shape index (κ3) is 3.03. The van der Waals surface area contributed by atoms with Crippen LogP contribution in [0.3, 0.4) is 0 Å². The van der Waals surface area contributed by atoms with Crippen LogP contribution in [-0.4, -0.2) is 22.1 Å². The molecule has 3 N–H and O–H groups in total. The normalized spacial score (nSPS) is 11.2. The van der Waals surface area contributed by atoms with E-state index in [1.165, 1.54) is 0 Å². The van der Waals surface area contributed by atoms with E-state index < -0.39 is 0 Å². The fraction of sp³-hybridized carbons (Fsp3) is 0.357. The average molecular weight is 273 g/mol. The van der Waals surface area contributed by atoms with Crippen molar-refractivity contribution < 1.29 is 4.74 Å². The zero-order chi connectivity index (χ0) is 14.8. The Morgan fingerprint density at radius 3 is 2.45 bits per heavy atom. The molecule has 0 unspecified atom stereocenters. The molecular weight excluding hydrogens is 254 g/mol. The van der Waals surface area contributed by atoms with E-state index in [1.807, 2.05) is 12.1 Å². The van der Waals surface area contributed by atoms with Gasteiger partial charge in [-0.05, 0) is 6.07 Å². The Balaban J connectivity index is 2.49. The Hall–Kier alpha value is -2.21. The quantitative estimate of drug-likeness (QED) is 0.658. The Bertz CT molecular complexity index is 590. The third-order valence-corrected chi connectivity index (χ3v) is 2.85. The monoisotopic (exact) mass is 273 g/mol. The summed E-state index contributed by atoms with van der Waals surface area (Å²) in [5.74, 6) is 7.20. The molecule has 20 heavy (non-hydrogen) atoms. The maximum absolute atomic E-state index is 5.48. The first-order chi connectivity index (χ1) is 9.44.